The van der Waals surface area contributed by atoms with Crippen molar-refractivity contribution in [3.8, 4) is 11.5 Å². The third-order valence-corrected chi connectivity index (χ3v) is 3.08. The molecule has 0 bridgehead atoms. The van der Waals surface area contributed by atoms with E-state index in [4.69, 9.17) is 14.6 Å². The minimum absolute atomic E-state index is 0.0605. The molecule has 0 fully saturated rings. The first kappa shape index (κ1) is 17.0. The van der Waals surface area contributed by atoms with Crippen LogP contribution in [0.25, 0.3) is 0 Å². The Labute approximate surface area is 123 Å². The average Bonchev–Trinajstić information content (AvgIpc) is 2.46. The molecule has 0 aliphatic rings. The fraction of sp³-hybridized carbons (Fsp3) is 0.400. The molecule has 0 amide bonds. The molecule has 0 aliphatic carbocycles. The Hall–Kier alpha value is -2.05. The van der Waals surface area contributed by atoms with Crippen molar-refractivity contribution in [3.63, 3.8) is 0 Å². The second-order valence-electron chi connectivity index (χ2n) is 4.47. The smallest absolute Gasteiger partial charge is 0.327 e. The fourth-order valence-electron chi connectivity index (χ4n) is 1.95. The average molecular weight is 296 g/mol. The summed E-state index contributed by atoms with van der Waals surface area (Å²) in [6.07, 6.45) is 2.05. The number of benzene rings is 1. The lowest BCUT2D eigenvalue weighted by atomic mass is 10.00. The van der Waals surface area contributed by atoms with Gasteiger partial charge in [-0.05, 0) is 30.5 Å². The van der Waals surface area contributed by atoms with Crippen molar-refractivity contribution < 1.29 is 29.6 Å². The highest BCUT2D eigenvalue weighted by atomic mass is 16.5. The Morgan fingerprint density at radius 3 is 2.62 bits per heavy atom. The summed E-state index contributed by atoms with van der Waals surface area (Å²) in [6.45, 7) is 0. The van der Waals surface area contributed by atoms with Gasteiger partial charge in [-0.1, -0.05) is 12.1 Å². The van der Waals surface area contributed by atoms with Crippen molar-refractivity contribution >= 4 is 5.97 Å². The van der Waals surface area contributed by atoms with E-state index < -0.39 is 18.2 Å². The van der Waals surface area contributed by atoms with Crippen LogP contribution < -0.4 is 4.74 Å². The first-order valence-corrected chi connectivity index (χ1v) is 6.46. The number of aliphatic carboxylic acids is 1. The van der Waals surface area contributed by atoms with E-state index in [1.54, 1.807) is 12.1 Å². The number of hydrogen-bond acceptors (Lipinski definition) is 5. The lowest BCUT2D eigenvalue weighted by Gasteiger charge is -2.22. The van der Waals surface area contributed by atoms with E-state index in [1.807, 2.05) is 0 Å². The third kappa shape index (κ3) is 5.09. The molecule has 0 radical (unpaired) electrons. The number of phenols is 1. The number of aliphatic hydroxyl groups excluding tert-OH is 1. The summed E-state index contributed by atoms with van der Waals surface area (Å²) < 4.78 is 10.2. The number of aliphatic hydroxyl groups is 1. The second kappa shape index (κ2) is 8.28. The Kier molecular flexibility index (Phi) is 6.71. The molecule has 0 heterocycles. The normalized spacial score (nSPS) is 14.0. The van der Waals surface area contributed by atoms with E-state index >= 15 is 0 Å². The first-order chi connectivity index (χ1) is 9.99. The van der Waals surface area contributed by atoms with E-state index in [1.165, 1.54) is 26.4 Å². The fourth-order valence-corrected chi connectivity index (χ4v) is 1.95. The number of phenolic OH excluding ortho intramolecular Hbond substituents is 1. The number of ether oxygens (including phenoxy) is 2. The molecule has 3 N–H and O–H groups in total. The van der Waals surface area contributed by atoms with E-state index in [0.717, 1.165) is 6.08 Å². The number of carboxylic acid groups (broad SMARTS) is 1. The summed E-state index contributed by atoms with van der Waals surface area (Å²) in [7, 11) is 2.91. The van der Waals surface area contributed by atoms with Crippen LogP contribution in [0.4, 0.5) is 0 Å². The van der Waals surface area contributed by atoms with Gasteiger partial charge >= 0.3 is 5.97 Å². The summed E-state index contributed by atoms with van der Waals surface area (Å²) in [4.78, 5) is 10.4. The van der Waals surface area contributed by atoms with Gasteiger partial charge in [0.05, 0.1) is 13.2 Å². The second-order valence-corrected chi connectivity index (χ2v) is 4.47. The van der Waals surface area contributed by atoms with Crippen LogP contribution in [0, 0.1) is 0 Å². The molecule has 0 aromatic heterocycles. The highest BCUT2D eigenvalue weighted by Gasteiger charge is 2.21. The minimum Gasteiger partial charge on any atom is -0.504 e. The van der Waals surface area contributed by atoms with Gasteiger partial charge in [0.1, 0.15) is 6.10 Å². The SMILES string of the molecule is COc1ccc([C@@H](O)[C@@H](CC/C=C/C(=O)O)OC)cc1O. The molecular formula is C15H20O6. The van der Waals surface area contributed by atoms with Crippen LogP contribution >= 0.6 is 0 Å². The molecule has 21 heavy (non-hydrogen) atoms. The van der Waals surface area contributed by atoms with Crippen LogP contribution in [0.2, 0.25) is 0 Å². The van der Waals surface area contributed by atoms with Crippen molar-refractivity contribution in [1.29, 1.82) is 0 Å². The zero-order valence-corrected chi connectivity index (χ0v) is 12.0. The predicted molar refractivity (Wildman–Crippen MR) is 76.4 cm³/mol. The summed E-state index contributed by atoms with van der Waals surface area (Å²) in [5.74, 6) is -0.747. The lowest BCUT2D eigenvalue weighted by Crippen LogP contribution is -2.20. The summed E-state index contributed by atoms with van der Waals surface area (Å²) in [5, 5.41) is 28.5. The van der Waals surface area contributed by atoms with Crippen molar-refractivity contribution in [2.45, 2.75) is 25.0 Å². The predicted octanol–water partition coefficient (Wildman–Crippen LogP) is 1.87. The Bertz CT molecular complexity index is 497. The maximum atomic E-state index is 10.4. The largest absolute Gasteiger partial charge is 0.504 e. The Morgan fingerprint density at radius 1 is 1.38 bits per heavy atom. The quantitative estimate of drug-likeness (QED) is 0.634. The van der Waals surface area contributed by atoms with Crippen molar-refractivity contribution in [3.05, 3.63) is 35.9 Å². The van der Waals surface area contributed by atoms with Gasteiger partial charge < -0.3 is 24.8 Å². The van der Waals surface area contributed by atoms with Gasteiger partial charge in [0, 0.05) is 13.2 Å². The van der Waals surface area contributed by atoms with Crippen LogP contribution in [0.1, 0.15) is 24.5 Å². The number of hydrogen-bond donors (Lipinski definition) is 3. The molecule has 0 saturated heterocycles. The summed E-state index contributed by atoms with van der Waals surface area (Å²) >= 11 is 0. The van der Waals surface area contributed by atoms with Crippen LogP contribution in [0.5, 0.6) is 11.5 Å². The van der Waals surface area contributed by atoms with Gasteiger partial charge in [0.25, 0.3) is 0 Å². The number of methoxy groups -OCH3 is 2. The summed E-state index contributed by atoms with van der Waals surface area (Å²) in [5.41, 5.74) is 0.502. The van der Waals surface area contributed by atoms with Gasteiger partial charge in [0.2, 0.25) is 0 Å². The Balaban J connectivity index is 2.71. The first-order valence-electron chi connectivity index (χ1n) is 6.46. The minimum atomic E-state index is -1.01. The van der Waals surface area contributed by atoms with Crippen molar-refractivity contribution in [2.24, 2.45) is 0 Å². The molecule has 1 aromatic rings. The molecule has 0 spiro atoms. The standard InChI is InChI=1S/C15H20O6/c1-20-12-8-7-10(9-11(12)16)15(19)13(21-2)5-3-4-6-14(17)18/h4,6-9,13,15-16,19H,3,5H2,1-2H3,(H,17,18)/b6-4+/t13-,15-/m1/s1. The van der Waals surface area contributed by atoms with Gasteiger partial charge in [0.15, 0.2) is 11.5 Å². The number of rotatable bonds is 8. The maximum Gasteiger partial charge on any atom is 0.327 e. The van der Waals surface area contributed by atoms with Gasteiger partial charge in [-0.15, -0.1) is 0 Å². The van der Waals surface area contributed by atoms with E-state index in [9.17, 15) is 15.0 Å². The van der Waals surface area contributed by atoms with Crippen molar-refractivity contribution in [1.82, 2.24) is 0 Å². The summed E-state index contributed by atoms with van der Waals surface area (Å²) in [6, 6.07) is 4.62. The number of aromatic hydroxyl groups is 1. The van der Waals surface area contributed by atoms with Gasteiger partial charge in [-0.3, -0.25) is 0 Å². The molecular weight excluding hydrogens is 276 g/mol. The molecule has 1 rings (SSSR count). The molecule has 1 aromatic carbocycles. The van der Waals surface area contributed by atoms with Crippen LogP contribution in [0.3, 0.4) is 0 Å². The van der Waals surface area contributed by atoms with Crippen LogP contribution in [-0.4, -0.2) is 41.6 Å². The molecule has 6 nitrogen and oxygen atoms in total. The Morgan fingerprint density at radius 2 is 2.10 bits per heavy atom. The highest BCUT2D eigenvalue weighted by Crippen LogP contribution is 2.31. The van der Waals surface area contributed by atoms with Crippen LogP contribution in [0.15, 0.2) is 30.4 Å². The zero-order valence-electron chi connectivity index (χ0n) is 12.0. The number of carboxylic acids is 1. The van der Waals surface area contributed by atoms with E-state index in [2.05, 4.69) is 0 Å². The molecule has 2 atom stereocenters. The van der Waals surface area contributed by atoms with E-state index in [-0.39, 0.29) is 5.75 Å². The monoisotopic (exact) mass is 296 g/mol. The topological polar surface area (TPSA) is 96.2 Å². The maximum absolute atomic E-state index is 10.4. The molecule has 116 valence electrons. The molecule has 0 unspecified atom stereocenters. The molecule has 0 aliphatic heterocycles. The molecule has 0 saturated carbocycles. The van der Waals surface area contributed by atoms with Crippen molar-refractivity contribution in [2.75, 3.05) is 14.2 Å². The highest BCUT2D eigenvalue weighted by molar-refractivity contribution is 5.79. The lowest BCUT2D eigenvalue weighted by molar-refractivity contribution is -0.131. The van der Waals surface area contributed by atoms with Gasteiger partial charge in [-0.2, -0.15) is 0 Å². The van der Waals surface area contributed by atoms with E-state index in [0.29, 0.717) is 24.2 Å². The number of carbonyl (C=O) groups is 1. The molecule has 6 heteroatoms. The zero-order chi connectivity index (χ0) is 15.8. The van der Waals surface area contributed by atoms with Gasteiger partial charge in [-0.25, -0.2) is 4.79 Å². The van der Waals surface area contributed by atoms with Crippen LogP contribution in [-0.2, 0) is 9.53 Å². The number of allylic oxidation sites excluding steroid dienone is 1. The third-order valence-electron chi connectivity index (χ3n) is 3.08.